The van der Waals surface area contributed by atoms with E-state index < -0.39 is 0 Å². The second-order valence-corrected chi connectivity index (χ2v) is 5.95. The molecule has 0 spiro atoms. The molecule has 3 nitrogen and oxygen atoms in total. The number of hydrogen-bond acceptors (Lipinski definition) is 4. The zero-order valence-electron chi connectivity index (χ0n) is 11.3. The molecule has 0 aromatic heterocycles. The molecule has 106 valence electrons. The van der Waals surface area contributed by atoms with Gasteiger partial charge < -0.3 is 15.2 Å². The molecule has 0 saturated heterocycles. The van der Waals surface area contributed by atoms with E-state index in [0.29, 0.717) is 16.8 Å². The first-order valence-electron chi connectivity index (χ1n) is 6.07. The first-order valence-corrected chi connectivity index (χ1v) is 8.09. The van der Waals surface area contributed by atoms with Crippen molar-refractivity contribution in [2.24, 2.45) is 0 Å². The first-order chi connectivity index (χ1) is 9.63. The minimum Gasteiger partial charge on any atom is -0.503 e. The highest BCUT2D eigenvalue weighted by molar-refractivity contribution is 9.10. The molecule has 0 amide bonds. The number of benzene rings is 2. The largest absolute Gasteiger partial charge is 0.503 e. The van der Waals surface area contributed by atoms with Crippen LogP contribution in [0.3, 0.4) is 0 Å². The van der Waals surface area contributed by atoms with Crippen LogP contribution in [0.5, 0.6) is 11.5 Å². The van der Waals surface area contributed by atoms with E-state index in [9.17, 15) is 5.11 Å². The van der Waals surface area contributed by atoms with E-state index in [0.717, 1.165) is 11.3 Å². The van der Waals surface area contributed by atoms with Gasteiger partial charge in [0.15, 0.2) is 11.5 Å². The second kappa shape index (κ2) is 6.90. The molecule has 0 aliphatic rings. The van der Waals surface area contributed by atoms with E-state index in [-0.39, 0.29) is 5.75 Å². The SMILES string of the molecule is COc1cc(CNc2cccc(SC)c2)cc(Br)c1O. The molecule has 0 heterocycles. The molecule has 0 aliphatic heterocycles. The fourth-order valence-corrected chi connectivity index (χ4v) is 2.77. The Morgan fingerprint density at radius 1 is 1.30 bits per heavy atom. The van der Waals surface area contributed by atoms with Gasteiger partial charge in [-0.1, -0.05) is 6.07 Å². The summed E-state index contributed by atoms with van der Waals surface area (Å²) in [6.07, 6.45) is 2.06. The lowest BCUT2D eigenvalue weighted by Gasteiger charge is -2.11. The Labute approximate surface area is 131 Å². The van der Waals surface area contributed by atoms with Crippen molar-refractivity contribution in [3.63, 3.8) is 0 Å². The molecule has 20 heavy (non-hydrogen) atoms. The fraction of sp³-hybridized carbons (Fsp3) is 0.200. The quantitative estimate of drug-likeness (QED) is 0.776. The molecular formula is C15H16BrNO2S. The van der Waals surface area contributed by atoms with Crippen molar-refractivity contribution in [3.8, 4) is 11.5 Å². The van der Waals surface area contributed by atoms with Crippen LogP contribution in [0.1, 0.15) is 5.56 Å². The molecule has 0 fully saturated rings. The van der Waals surface area contributed by atoms with E-state index in [4.69, 9.17) is 4.74 Å². The molecule has 0 radical (unpaired) electrons. The van der Waals surface area contributed by atoms with E-state index in [1.54, 1.807) is 18.9 Å². The Hall–Kier alpha value is -1.33. The van der Waals surface area contributed by atoms with Crippen LogP contribution in [0.2, 0.25) is 0 Å². The van der Waals surface area contributed by atoms with Crippen LogP contribution in [-0.4, -0.2) is 18.5 Å². The van der Waals surface area contributed by atoms with Crippen LogP contribution < -0.4 is 10.1 Å². The van der Waals surface area contributed by atoms with Crippen molar-refractivity contribution in [2.45, 2.75) is 11.4 Å². The van der Waals surface area contributed by atoms with Gasteiger partial charge in [0.2, 0.25) is 0 Å². The number of anilines is 1. The number of aromatic hydroxyl groups is 1. The van der Waals surface area contributed by atoms with Crippen molar-refractivity contribution < 1.29 is 9.84 Å². The third-order valence-corrected chi connectivity index (χ3v) is 4.20. The smallest absolute Gasteiger partial charge is 0.172 e. The summed E-state index contributed by atoms with van der Waals surface area (Å²) in [5.74, 6) is 0.592. The highest BCUT2D eigenvalue weighted by atomic mass is 79.9. The summed E-state index contributed by atoms with van der Waals surface area (Å²) in [7, 11) is 1.54. The van der Waals surface area contributed by atoms with E-state index >= 15 is 0 Å². The summed E-state index contributed by atoms with van der Waals surface area (Å²) in [5.41, 5.74) is 2.10. The molecule has 0 bridgehead atoms. The van der Waals surface area contributed by atoms with Crippen molar-refractivity contribution in [2.75, 3.05) is 18.7 Å². The van der Waals surface area contributed by atoms with Crippen molar-refractivity contribution >= 4 is 33.4 Å². The Morgan fingerprint density at radius 2 is 2.10 bits per heavy atom. The first kappa shape index (κ1) is 15.1. The molecular weight excluding hydrogens is 338 g/mol. The molecule has 2 aromatic rings. The number of phenolic OH excluding ortho intramolecular Hbond substituents is 1. The van der Waals surface area contributed by atoms with Crippen molar-refractivity contribution in [3.05, 3.63) is 46.4 Å². The maximum Gasteiger partial charge on any atom is 0.172 e. The van der Waals surface area contributed by atoms with Crippen molar-refractivity contribution in [1.82, 2.24) is 0 Å². The minimum atomic E-state index is 0.126. The number of hydrogen-bond donors (Lipinski definition) is 2. The summed E-state index contributed by atoms with van der Waals surface area (Å²) in [6.45, 7) is 0.660. The summed E-state index contributed by atoms with van der Waals surface area (Å²) >= 11 is 5.04. The van der Waals surface area contributed by atoms with Gasteiger partial charge in [-0.15, -0.1) is 11.8 Å². The fourth-order valence-electron chi connectivity index (χ4n) is 1.82. The number of ether oxygens (including phenoxy) is 1. The van der Waals surface area contributed by atoms with Gasteiger partial charge in [0, 0.05) is 17.1 Å². The standard InChI is InChI=1S/C15H16BrNO2S/c1-19-14-7-10(6-13(16)15(14)18)9-17-11-4-3-5-12(8-11)20-2/h3-8,17-18H,9H2,1-2H3. The highest BCUT2D eigenvalue weighted by Gasteiger charge is 2.08. The average molecular weight is 354 g/mol. The minimum absolute atomic E-state index is 0.126. The summed E-state index contributed by atoms with van der Waals surface area (Å²) in [5, 5.41) is 13.1. The second-order valence-electron chi connectivity index (χ2n) is 4.21. The number of nitrogens with one attached hydrogen (secondary N) is 1. The zero-order valence-corrected chi connectivity index (χ0v) is 13.7. The Balaban J connectivity index is 2.12. The Bertz CT molecular complexity index is 604. The molecule has 5 heteroatoms. The number of halogens is 1. The van der Waals surface area contributed by atoms with Crippen LogP contribution in [0.4, 0.5) is 5.69 Å². The third-order valence-electron chi connectivity index (χ3n) is 2.87. The lowest BCUT2D eigenvalue weighted by molar-refractivity contribution is 0.371. The van der Waals surface area contributed by atoms with Gasteiger partial charge >= 0.3 is 0 Å². The maximum atomic E-state index is 9.78. The topological polar surface area (TPSA) is 41.5 Å². The molecule has 2 rings (SSSR count). The predicted molar refractivity (Wildman–Crippen MR) is 87.9 cm³/mol. The molecule has 2 N–H and O–H groups in total. The van der Waals surface area contributed by atoms with Gasteiger partial charge in [-0.25, -0.2) is 0 Å². The van der Waals surface area contributed by atoms with Gasteiger partial charge in [0.1, 0.15) is 0 Å². The van der Waals surface area contributed by atoms with Crippen LogP contribution in [-0.2, 0) is 6.54 Å². The van der Waals surface area contributed by atoms with Crippen LogP contribution >= 0.6 is 27.7 Å². The molecule has 2 aromatic carbocycles. The van der Waals surface area contributed by atoms with E-state index in [1.165, 1.54) is 4.90 Å². The monoisotopic (exact) mass is 353 g/mol. The van der Waals surface area contributed by atoms with Crippen molar-refractivity contribution in [1.29, 1.82) is 0 Å². The number of phenols is 1. The van der Waals surface area contributed by atoms with E-state index in [1.807, 2.05) is 24.3 Å². The third kappa shape index (κ3) is 3.61. The predicted octanol–water partition coefficient (Wildman–Crippen LogP) is 4.50. The average Bonchev–Trinajstić information content (AvgIpc) is 2.48. The number of methoxy groups -OCH3 is 1. The van der Waals surface area contributed by atoms with Crippen LogP contribution in [0.25, 0.3) is 0 Å². The summed E-state index contributed by atoms with van der Waals surface area (Å²) in [4.78, 5) is 1.22. The van der Waals surface area contributed by atoms with Gasteiger partial charge in [-0.05, 0) is 58.1 Å². The lowest BCUT2D eigenvalue weighted by Crippen LogP contribution is -2.00. The lowest BCUT2D eigenvalue weighted by atomic mass is 10.2. The molecule has 0 saturated carbocycles. The maximum absolute atomic E-state index is 9.78. The van der Waals surface area contributed by atoms with Gasteiger partial charge in [-0.2, -0.15) is 0 Å². The van der Waals surface area contributed by atoms with Gasteiger partial charge in [0.25, 0.3) is 0 Å². The molecule has 0 atom stereocenters. The number of thioether (sulfide) groups is 1. The van der Waals surface area contributed by atoms with Crippen LogP contribution in [0.15, 0.2) is 45.8 Å². The number of rotatable bonds is 5. The van der Waals surface area contributed by atoms with E-state index in [2.05, 4.69) is 39.6 Å². The normalized spacial score (nSPS) is 10.3. The van der Waals surface area contributed by atoms with Gasteiger partial charge in [-0.3, -0.25) is 0 Å². The summed E-state index contributed by atoms with van der Waals surface area (Å²) < 4.78 is 5.77. The Kier molecular flexibility index (Phi) is 5.20. The molecule has 0 unspecified atom stereocenters. The summed E-state index contributed by atoms with van der Waals surface area (Å²) in [6, 6.07) is 12.0. The highest BCUT2D eigenvalue weighted by Crippen LogP contribution is 2.35. The van der Waals surface area contributed by atoms with Gasteiger partial charge in [0.05, 0.1) is 11.6 Å². The zero-order chi connectivity index (χ0) is 14.5. The Morgan fingerprint density at radius 3 is 2.80 bits per heavy atom. The molecule has 0 aliphatic carbocycles. The van der Waals surface area contributed by atoms with Crippen LogP contribution in [0, 0.1) is 0 Å².